The van der Waals surface area contributed by atoms with E-state index in [0.29, 0.717) is 30.5 Å². The monoisotopic (exact) mass is 286 g/mol. The molecule has 0 radical (unpaired) electrons. The first kappa shape index (κ1) is 13.6. The minimum absolute atomic E-state index is 0.175. The van der Waals surface area contributed by atoms with Gasteiger partial charge in [0.25, 0.3) is 5.91 Å². The summed E-state index contributed by atoms with van der Waals surface area (Å²) in [6, 6.07) is 3.74. The number of hydrogen-bond acceptors (Lipinski definition) is 4. The Morgan fingerprint density at radius 3 is 2.90 bits per heavy atom. The Labute approximate surface area is 123 Å². The van der Waals surface area contributed by atoms with Crippen molar-refractivity contribution < 1.29 is 9.53 Å². The smallest absolute Gasteiger partial charge is 0.258 e. The lowest BCUT2D eigenvalue weighted by atomic mass is 10.2. The Balaban J connectivity index is 1.62. The molecule has 0 saturated heterocycles. The average Bonchev–Trinajstić information content (AvgIpc) is 3.25. The van der Waals surface area contributed by atoms with Crippen molar-refractivity contribution >= 4 is 5.91 Å². The number of hydrogen-bond donors (Lipinski definition) is 1. The van der Waals surface area contributed by atoms with Crippen LogP contribution in [-0.2, 0) is 13.6 Å². The van der Waals surface area contributed by atoms with Gasteiger partial charge in [-0.1, -0.05) is 0 Å². The number of nitrogens with one attached hydrogen (secondary N) is 1. The third kappa shape index (κ3) is 3.59. The van der Waals surface area contributed by atoms with Crippen molar-refractivity contribution in [3.8, 4) is 5.88 Å². The van der Waals surface area contributed by atoms with Gasteiger partial charge in [-0.15, -0.1) is 5.10 Å². The maximum Gasteiger partial charge on any atom is 0.258 e. The van der Waals surface area contributed by atoms with Crippen molar-refractivity contribution in [1.29, 1.82) is 0 Å². The van der Waals surface area contributed by atoms with Crippen LogP contribution in [0.3, 0.4) is 0 Å². The van der Waals surface area contributed by atoms with Crippen LogP contribution in [-0.4, -0.2) is 27.3 Å². The predicted molar refractivity (Wildman–Crippen MR) is 76.8 cm³/mol. The topological polar surface area (TPSA) is 69.0 Å². The highest BCUT2D eigenvalue weighted by Crippen LogP contribution is 2.29. The Kier molecular flexibility index (Phi) is 3.85. The SMILES string of the molecule is Cn1cc(C(=O)NCc2ccncc2)c(OCC2CC2)n1. The van der Waals surface area contributed by atoms with E-state index in [2.05, 4.69) is 15.4 Å². The van der Waals surface area contributed by atoms with E-state index in [-0.39, 0.29) is 5.91 Å². The number of nitrogens with zero attached hydrogens (tertiary/aromatic N) is 3. The van der Waals surface area contributed by atoms with Gasteiger partial charge in [-0.3, -0.25) is 14.5 Å². The molecule has 1 aliphatic rings. The Morgan fingerprint density at radius 2 is 2.19 bits per heavy atom. The number of carbonyl (C=O) groups is 1. The van der Waals surface area contributed by atoms with E-state index in [4.69, 9.17) is 4.74 Å². The largest absolute Gasteiger partial charge is 0.476 e. The molecule has 3 rings (SSSR count). The van der Waals surface area contributed by atoms with Crippen molar-refractivity contribution in [2.24, 2.45) is 13.0 Å². The average molecular weight is 286 g/mol. The van der Waals surface area contributed by atoms with E-state index in [9.17, 15) is 4.79 Å². The van der Waals surface area contributed by atoms with E-state index in [1.165, 1.54) is 12.8 Å². The first-order chi connectivity index (χ1) is 10.2. The van der Waals surface area contributed by atoms with Gasteiger partial charge in [0.1, 0.15) is 5.56 Å². The summed E-state index contributed by atoms with van der Waals surface area (Å²) in [6.45, 7) is 1.10. The van der Waals surface area contributed by atoms with Crippen LogP contribution in [0.5, 0.6) is 5.88 Å². The highest BCUT2D eigenvalue weighted by Gasteiger charge is 2.24. The van der Waals surface area contributed by atoms with Gasteiger partial charge >= 0.3 is 0 Å². The summed E-state index contributed by atoms with van der Waals surface area (Å²) in [5.74, 6) is 0.863. The lowest BCUT2D eigenvalue weighted by Crippen LogP contribution is -2.23. The lowest BCUT2D eigenvalue weighted by Gasteiger charge is -2.06. The van der Waals surface area contributed by atoms with Crippen LogP contribution in [0.2, 0.25) is 0 Å². The van der Waals surface area contributed by atoms with Crippen LogP contribution in [0.15, 0.2) is 30.7 Å². The maximum absolute atomic E-state index is 12.3. The summed E-state index contributed by atoms with van der Waals surface area (Å²) in [7, 11) is 1.78. The second-order valence-electron chi connectivity index (χ2n) is 5.31. The fourth-order valence-electron chi connectivity index (χ4n) is 1.99. The number of aromatic nitrogens is 3. The molecule has 2 heterocycles. The first-order valence-electron chi connectivity index (χ1n) is 7.06. The Morgan fingerprint density at radius 1 is 1.43 bits per heavy atom. The summed E-state index contributed by atoms with van der Waals surface area (Å²) < 4.78 is 7.25. The van der Waals surface area contributed by atoms with Gasteiger partial charge in [-0.05, 0) is 36.5 Å². The molecule has 0 spiro atoms. The molecule has 110 valence electrons. The fraction of sp³-hybridized carbons (Fsp3) is 0.400. The molecule has 1 aliphatic carbocycles. The predicted octanol–water partition coefficient (Wildman–Crippen LogP) is 1.53. The second kappa shape index (κ2) is 5.95. The summed E-state index contributed by atoms with van der Waals surface area (Å²) in [5, 5.41) is 7.08. The number of carbonyl (C=O) groups excluding carboxylic acids is 1. The van der Waals surface area contributed by atoms with Crippen LogP contribution in [0.1, 0.15) is 28.8 Å². The summed E-state index contributed by atoms with van der Waals surface area (Å²) >= 11 is 0. The van der Waals surface area contributed by atoms with Crippen molar-refractivity contribution in [1.82, 2.24) is 20.1 Å². The highest BCUT2D eigenvalue weighted by molar-refractivity contribution is 5.96. The van der Waals surface area contributed by atoms with Crippen molar-refractivity contribution in [3.63, 3.8) is 0 Å². The second-order valence-corrected chi connectivity index (χ2v) is 5.31. The van der Waals surface area contributed by atoms with E-state index in [1.807, 2.05) is 12.1 Å². The summed E-state index contributed by atoms with van der Waals surface area (Å²) in [5.41, 5.74) is 1.48. The van der Waals surface area contributed by atoms with Gasteiger partial charge in [0, 0.05) is 32.2 Å². The summed E-state index contributed by atoms with van der Waals surface area (Å²) in [6.07, 6.45) is 7.50. The van der Waals surface area contributed by atoms with Gasteiger partial charge in [-0.25, -0.2) is 0 Å². The van der Waals surface area contributed by atoms with Crippen LogP contribution < -0.4 is 10.1 Å². The lowest BCUT2D eigenvalue weighted by molar-refractivity contribution is 0.0946. The van der Waals surface area contributed by atoms with E-state index < -0.39 is 0 Å². The van der Waals surface area contributed by atoms with E-state index in [1.54, 1.807) is 30.3 Å². The number of ether oxygens (including phenoxy) is 1. The number of aryl methyl sites for hydroxylation is 1. The van der Waals surface area contributed by atoms with E-state index in [0.717, 1.165) is 5.56 Å². The highest BCUT2D eigenvalue weighted by atomic mass is 16.5. The standard InChI is InChI=1S/C15H18N4O2/c1-19-9-13(15(18-19)21-10-12-2-3-12)14(20)17-8-11-4-6-16-7-5-11/h4-7,9,12H,2-3,8,10H2,1H3,(H,17,20). The van der Waals surface area contributed by atoms with Crippen molar-refractivity contribution in [2.45, 2.75) is 19.4 Å². The molecule has 0 atom stereocenters. The molecular formula is C15H18N4O2. The molecule has 1 N–H and O–H groups in total. The van der Waals surface area contributed by atoms with Gasteiger partial charge < -0.3 is 10.1 Å². The molecule has 6 heteroatoms. The normalized spacial score (nSPS) is 14.0. The fourth-order valence-corrected chi connectivity index (χ4v) is 1.99. The zero-order chi connectivity index (χ0) is 14.7. The first-order valence-corrected chi connectivity index (χ1v) is 7.06. The molecular weight excluding hydrogens is 268 g/mol. The van der Waals surface area contributed by atoms with Crippen LogP contribution in [0, 0.1) is 5.92 Å². The maximum atomic E-state index is 12.3. The number of pyridine rings is 1. The van der Waals surface area contributed by atoms with Gasteiger partial charge in [0.05, 0.1) is 6.61 Å². The molecule has 1 saturated carbocycles. The molecule has 1 fully saturated rings. The molecule has 0 bridgehead atoms. The molecule has 6 nitrogen and oxygen atoms in total. The molecule has 2 aromatic rings. The van der Waals surface area contributed by atoms with Crippen molar-refractivity contribution in [3.05, 3.63) is 41.9 Å². The molecule has 2 aromatic heterocycles. The van der Waals surface area contributed by atoms with E-state index >= 15 is 0 Å². The van der Waals surface area contributed by atoms with Crippen molar-refractivity contribution in [2.75, 3.05) is 6.61 Å². The zero-order valence-electron chi connectivity index (χ0n) is 12.0. The molecule has 0 unspecified atom stereocenters. The number of amides is 1. The van der Waals surface area contributed by atoms with Crippen LogP contribution >= 0.6 is 0 Å². The molecule has 1 amide bonds. The quantitative estimate of drug-likeness (QED) is 0.874. The number of rotatable bonds is 6. The minimum Gasteiger partial charge on any atom is -0.476 e. The van der Waals surface area contributed by atoms with Gasteiger partial charge in [-0.2, -0.15) is 0 Å². The van der Waals surface area contributed by atoms with Crippen LogP contribution in [0.4, 0.5) is 0 Å². The molecule has 0 aromatic carbocycles. The van der Waals surface area contributed by atoms with Gasteiger partial charge in [0.15, 0.2) is 0 Å². The summed E-state index contributed by atoms with van der Waals surface area (Å²) in [4.78, 5) is 16.2. The van der Waals surface area contributed by atoms with Gasteiger partial charge in [0.2, 0.25) is 5.88 Å². The third-order valence-electron chi connectivity index (χ3n) is 3.39. The Hall–Kier alpha value is -2.37. The van der Waals surface area contributed by atoms with Crippen LogP contribution in [0.25, 0.3) is 0 Å². The molecule has 0 aliphatic heterocycles. The Bertz CT molecular complexity index is 620. The third-order valence-corrected chi connectivity index (χ3v) is 3.39. The zero-order valence-corrected chi connectivity index (χ0v) is 12.0. The molecule has 21 heavy (non-hydrogen) atoms. The minimum atomic E-state index is -0.175.